The third-order valence-electron chi connectivity index (χ3n) is 7.54. The second-order valence-corrected chi connectivity index (χ2v) is 11.0. The third kappa shape index (κ3) is 4.95. The lowest BCUT2D eigenvalue weighted by Gasteiger charge is -2.40. The molecular formula is C31H31ClFN5O3. The fourth-order valence-electron chi connectivity index (χ4n) is 5.48. The van der Waals surface area contributed by atoms with Crippen molar-refractivity contribution in [2.75, 3.05) is 24.5 Å². The number of amides is 1. The molecule has 1 amide bonds. The molecule has 1 aliphatic heterocycles. The van der Waals surface area contributed by atoms with Crippen LogP contribution in [0.2, 0.25) is 5.02 Å². The summed E-state index contributed by atoms with van der Waals surface area (Å²) in [5.41, 5.74) is 2.42. The van der Waals surface area contributed by atoms with Crippen LogP contribution >= 0.6 is 11.6 Å². The molecule has 10 heteroatoms. The van der Waals surface area contributed by atoms with Gasteiger partial charge in [0.25, 0.3) is 0 Å². The number of phenolic OH excluding ortho intramolecular Hbond substituents is 1. The maximum Gasteiger partial charge on any atom is 0.355 e. The van der Waals surface area contributed by atoms with E-state index in [9.17, 15) is 19.1 Å². The Hall–Kier alpha value is -4.24. The minimum Gasteiger partial charge on any atom is -0.504 e. The van der Waals surface area contributed by atoms with Crippen LogP contribution in [0.25, 0.3) is 28.0 Å². The summed E-state index contributed by atoms with van der Waals surface area (Å²) in [6, 6.07) is 11.4. The van der Waals surface area contributed by atoms with Gasteiger partial charge in [-0.1, -0.05) is 56.3 Å². The number of hydrogen-bond acceptors (Lipinski definition) is 6. The number of nitrogens with zero attached hydrogens (tertiary/aromatic N) is 5. The predicted octanol–water partition coefficient (Wildman–Crippen LogP) is 5.60. The van der Waals surface area contributed by atoms with Gasteiger partial charge < -0.3 is 14.9 Å². The molecule has 0 saturated carbocycles. The minimum atomic E-state index is -0.810. The Morgan fingerprint density at radius 2 is 1.93 bits per heavy atom. The third-order valence-corrected chi connectivity index (χ3v) is 7.83. The summed E-state index contributed by atoms with van der Waals surface area (Å²) >= 11 is 6.75. The summed E-state index contributed by atoms with van der Waals surface area (Å²) in [4.78, 5) is 39.3. The van der Waals surface area contributed by atoms with Gasteiger partial charge in [0, 0.05) is 31.2 Å². The molecular weight excluding hydrogens is 545 g/mol. The molecule has 5 rings (SSSR count). The van der Waals surface area contributed by atoms with Crippen molar-refractivity contribution in [2.24, 2.45) is 0 Å². The molecule has 1 aliphatic rings. The van der Waals surface area contributed by atoms with Crippen LogP contribution in [0, 0.1) is 12.7 Å². The lowest BCUT2D eigenvalue weighted by atomic mass is 9.98. The van der Waals surface area contributed by atoms with E-state index in [-0.39, 0.29) is 39.8 Å². The van der Waals surface area contributed by atoms with Crippen molar-refractivity contribution in [1.29, 1.82) is 0 Å². The molecule has 3 heterocycles. The number of aryl methyl sites for hydroxylation is 1. The van der Waals surface area contributed by atoms with Crippen molar-refractivity contribution in [2.45, 2.75) is 39.7 Å². The van der Waals surface area contributed by atoms with Crippen LogP contribution in [0.1, 0.15) is 37.8 Å². The van der Waals surface area contributed by atoms with Crippen molar-refractivity contribution in [1.82, 2.24) is 19.4 Å². The van der Waals surface area contributed by atoms with Gasteiger partial charge in [-0.15, -0.1) is 0 Å². The second kappa shape index (κ2) is 11.0. The Kier molecular flexibility index (Phi) is 7.57. The SMILES string of the molecule is C=CC(=O)N1CCN(c2nc(=O)n(-c3c(C)cccc3C(C)C)c3nc(-c4cccc(F)c4O)c(Cl)cc23)[C@@H](C)C1. The van der Waals surface area contributed by atoms with Gasteiger partial charge in [0.1, 0.15) is 5.82 Å². The number of fused-ring (bicyclic) bond motifs is 1. The van der Waals surface area contributed by atoms with Crippen LogP contribution < -0.4 is 10.6 Å². The zero-order valence-corrected chi connectivity index (χ0v) is 24.1. The number of anilines is 1. The first-order chi connectivity index (χ1) is 19.5. The van der Waals surface area contributed by atoms with Crippen LogP contribution in [0.3, 0.4) is 0 Å². The molecule has 0 spiro atoms. The Bertz CT molecular complexity index is 1750. The number of rotatable bonds is 5. The molecule has 8 nitrogen and oxygen atoms in total. The minimum absolute atomic E-state index is 0.0843. The van der Waals surface area contributed by atoms with Crippen molar-refractivity contribution in [3.05, 3.63) is 87.6 Å². The Morgan fingerprint density at radius 3 is 2.61 bits per heavy atom. The van der Waals surface area contributed by atoms with E-state index in [1.54, 1.807) is 11.0 Å². The molecule has 212 valence electrons. The number of pyridine rings is 1. The average Bonchev–Trinajstić information content (AvgIpc) is 2.94. The zero-order valence-electron chi connectivity index (χ0n) is 23.4. The number of phenols is 1. The molecule has 0 unspecified atom stereocenters. The highest BCUT2D eigenvalue weighted by molar-refractivity contribution is 6.34. The fourth-order valence-corrected chi connectivity index (χ4v) is 5.73. The quantitative estimate of drug-likeness (QED) is 0.311. The summed E-state index contributed by atoms with van der Waals surface area (Å²) in [5, 5.41) is 11.2. The molecule has 41 heavy (non-hydrogen) atoms. The van der Waals surface area contributed by atoms with Gasteiger partial charge >= 0.3 is 5.69 Å². The predicted molar refractivity (Wildman–Crippen MR) is 160 cm³/mol. The number of carbonyl (C=O) groups excluding carboxylic acids is 1. The highest BCUT2D eigenvalue weighted by Gasteiger charge is 2.30. The van der Waals surface area contributed by atoms with Gasteiger partial charge in [0.2, 0.25) is 5.91 Å². The van der Waals surface area contributed by atoms with Crippen molar-refractivity contribution in [3.8, 4) is 22.7 Å². The molecule has 1 saturated heterocycles. The maximum atomic E-state index is 14.4. The average molecular weight is 576 g/mol. The molecule has 2 aromatic heterocycles. The standard InChI is InChI=1S/C31H31ClFN5O3/c1-6-25(39)36-13-14-37(19(5)16-36)29-22-15-23(32)26(21-11-8-12-24(33)28(21)40)34-30(22)38(31(41)35-29)27-18(4)9-7-10-20(27)17(2)3/h6-12,15,17,19,40H,1,13-14,16H2,2-5H3/t19-/m0/s1. The number of carbonyl (C=O) groups is 1. The molecule has 0 radical (unpaired) electrons. The summed E-state index contributed by atoms with van der Waals surface area (Å²) in [7, 11) is 0. The number of aromatic hydroxyl groups is 1. The van der Waals surface area contributed by atoms with Gasteiger partial charge in [-0.05, 0) is 55.2 Å². The number of para-hydroxylation sites is 2. The Morgan fingerprint density at radius 1 is 1.20 bits per heavy atom. The number of piperazine rings is 1. The van der Waals surface area contributed by atoms with E-state index >= 15 is 0 Å². The largest absolute Gasteiger partial charge is 0.504 e. The number of aromatic nitrogens is 3. The van der Waals surface area contributed by atoms with E-state index in [4.69, 9.17) is 16.6 Å². The van der Waals surface area contributed by atoms with E-state index in [0.717, 1.165) is 17.2 Å². The number of benzene rings is 2. The van der Waals surface area contributed by atoms with E-state index in [0.29, 0.717) is 36.5 Å². The smallest absolute Gasteiger partial charge is 0.355 e. The normalized spacial score (nSPS) is 15.5. The summed E-state index contributed by atoms with van der Waals surface area (Å²) in [6.45, 7) is 12.8. The van der Waals surface area contributed by atoms with Gasteiger partial charge in [0.15, 0.2) is 17.2 Å². The van der Waals surface area contributed by atoms with Gasteiger partial charge in [0.05, 0.1) is 21.8 Å². The van der Waals surface area contributed by atoms with Crippen molar-refractivity contribution in [3.63, 3.8) is 0 Å². The lowest BCUT2D eigenvalue weighted by molar-refractivity contribution is -0.126. The molecule has 1 N–H and O–H groups in total. The molecule has 1 atom stereocenters. The first kappa shape index (κ1) is 28.3. The van der Waals surface area contributed by atoms with E-state index < -0.39 is 17.3 Å². The molecule has 1 fully saturated rings. The second-order valence-electron chi connectivity index (χ2n) is 10.6. The molecule has 4 aromatic rings. The number of hydrogen-bond donors (Lipinski definition) is 1. The van der Waals surface area contributed by atoms with Gasteiger partial charge in [-0.2, -0.15) is 4.98 Å². The zero-order chi connectivity index (χ0) is 29.6. The summed E-state index contributed by atoms with van der Waals surface area (Å²) < 4.78 is 15.8. The van der Waals surface area contributed by atoms with E-state index in [1.807, 2.05) is 50.8 Å². The van der Waals surface area contributed by atoms with Gasteiger partial charge in [-0.25, -0.2) is 18.7 Å². The Labute approximate surface area is 242 Å². The lowest BCUT2D eigenvalue weighted by Crippen LogP contribution is -2.54. The van der Waals surface area contributed by atoms with Crippen molar-refractivity contribution >= 4 is 34.4 Å². The Balaban J connectivity index is 1.82. The maximum absolute atomic E-state index is 14.4. The first-order valence-corrected chi connectivity index (χ1v) is 13.8. The van der Waals surface area contributed by atoms with E-state index in [1.165, 1.54) is 22.8 Å². The van der Waals surface area contributed by atoms with Crippen LogP contribution in [-0.2, 0) is 4.79 Å². The fraction of sp³-hybridized carbons (Fsp3) is 0.290. The first-order valence-electron chi connectivity index (χ1n) is 13.4. The van der Waals surface area contributed by atoms with Crippen LogP contribution in [0.4, 0.5) is 10.2 Å². The summed E-state index contributed by atoms with van der Waals surface area (Å²) in [6.07, 6.45) is 1.29. The molecule has 0 aliphatic carbocycles. The highest BCUT2D eigenvalue weighted by Crippen LogP contribution is 2.39. The summed E-state index contributed by atoms with van der Waals surface area (Å²) in [5.74, 6) is -1.07. The van der Waals surface area contributed by atoms with Crippen LogP contribution in [-0.4, -0.2) is 56.1 Å². The monoisotopic (exact) mass is 575 g/mol. The van der Waals surface area contributed by atoms with Crippen molar-refractivity contribution < 1.29 is 14.3 Å². The molecule has 2 aromatic carbocycles. The number of halogens is 2. The van der Waals surface area contributed by atoms with Crippen LogP contribution in [0.15, 0.2) is 59.9 Å². The highest BCUT2D eigenvalue weighted by atomic mass is 35.5. The van der Waals surface area contributed by atoms with E-state index in [2.05, 4.69) is 11.6 Å². The topological polar surface area (TPSA) is 91.6 Å². The van der Waals surface area contributed by atoms with Gasteiger partial charge in [-0.3, -0.25) is 4.79 Å². The van der Waals surface area contributed by atoms with Crippen LogP contribution in [0.5, 0.6) is 5.75 Å². The molecule has 0 bridgehead atoms.